The van der Waals surface area contributed by atoms with E-state index in [0.29, 0.717) is 13.2 Å². The van der Waals surface area contributed by atoms with Crippen molar-refractivity contribution < 1.29 is 14.4 Å². The summed E-state index contributed by atoms with van der Waals surface area (Å²) in [5, 5.41) is 2.94. The molecule has 19 heavy (non-hydrogen) atoms. The van der Waals surface area contributed by atoms with Crippen LogP contribution in [0.3, 0.4) is 0 Å². The van der Waals surface area contributed by atoms with Gasteiger partial charge in [0.05, 0.1) is 19.7 Å². The standard InChI is InChI=1S/C15H22N2O2/c1-2-19-14-8-6-13(7-9-14)16-15(18)12-17-10-4-3-5-11-17/h6-9H,2-5,10-12H2,1H3,(H,16,18)/p+1. The quantitative estimate of drug-likeness (QED) is 0.835. The van der Waals surface area contributed by atoms with E-state index in [-0.39, 0.29) is 5.91 Å². The molecule has 0 saturated carbocycles. The van der Waals surface area contributed by atoms with Crippen molar-refractivity contribution in [3.05, 3.63) is 24.3 Å². The highest BCUT2D eigenvalue weighted by Gasteiger charge is 2.17. The van der Waals surface area contributed by atoms with Crippen LogP contribution in [-0.2, 0) is 4.79 Å². The molecule has 1 fully saturated rings. The SMILES string of the molecule is CCOc1ccc(NC(=O)C[NH+]2CCCCC2)cc1. The van der Waals surface area contributed by atoms with Crippen molar-refractivity contribution in [2.45, 2.75) is 26.2 Å². The molecule has 2 N–H and O–H groups in total. The fourth-order valence-electron chi connectivity index (χ4n) is 2.46. The highest BCUT2D eigenvalue weighted by molar-refractivity contribution is 5.91. The second kappa shape index (κ2) is 7.14. The third-order valence-electron chi connectivity index (χ3n) is 3.42. The smallest absolute Gasteiger partial charge is 0.279 e. The molecule has 2 rings (SSSR count). The lowest BCUT2D eigenvalue weighted by molar-refractivity contribution is -0.896. The van der Waals surface area contributed by atoms with Crippen LogP contribution in [0.2, 0.25) is 0 Å². The molecule has 0 unspecified atom stereocenters. The van der Waals surface area contributed by atoms with Crippen LogP contribution >= 0.6 is 0 Å². The summed E-state index contributed by atoms with van der Waals surface area (Å²) in [7, 11) is 0. The van der Waals surface area contributed by atoms with Gasteiger partial charge in [-0.1, -0.05) is 0 Å². The molecule has 1 amide bonds. The molecule has 1 aromatic rings. The molecule has 1 saturated heterocycles. The molecule has 4 nitrogen and oxygen atoms in total. The number of benzene rings is 1. The summed E-state index contributed by atoms with van der Waals surface area (Å²) in [6.07, 6.45) is 3.79. The van der Waals surface area contributed by atoms with E-state index in [2.05, 4.69) is 5.32 Å². The van der Waals surface area contributed by atoms with Gasteiger partial charge in [0, 0.05) is 5.69 Å². The zero-order chi connectivity index (χ0) is 13.5. The molecule has 0 aromatic heterocycles. The molecule has 0 atom stereocenters. The van der Waals surface area contributed by atoms with Crippen molar-refractivity contribution in [3.8, 4) is 5.75 Å². The first kappa shape index (κ1) is 13.9. The third kappa shape index (κ3) is 4.56. The van der Waals surface area contributed by atoms with E-state index < -0.39 is 0 Å². The largest absolute Gasteiger partial charge is 0.494 e. The molecule has 1 aromatic carbocycles. The Morgan fingerprint density at radius 3 is 2.53 bits per heavy atom. The number of hydrogen-bond donors (Lipinski definition) is 2. The van der Waals surface area contributed by atoms with Crippen LogP contribution in [0, 0.1) is 0 Å². The predicted octanol–water partition coefficient (Wildman–Crippen LogP) is 1.09. The number of carbonyl (C=O) groups is 1. The number of quaternary nitrogens is 1. The van der Waals surface area contributed by atoms with E-state index in [0.717, 1.165) is 24.5 Å². The predicted molar refractivity (Wildman–Crippen MR) is 75.7 cm³/mol. The minimum Gasteiger partial charge on any atom is -0.494 e. The monoisotopic (exact) mass is 263 g/mol. The summed E-state index contributed by atoms with van der Waals surface area (Å²) in [5.74, 6) is 0.934. The first-order valence-corrected chi connectivity index (χ1v) is 7.14. The number of anilines is 1. The minimum atomic E-state index is 0.0982. The Morgan fingerprint density at radius 2 is 1.89 bits per heavy atom. The van der Waals surface area contributed by atoms with Crippen molar-refractivity contribution in [1.29, 1.82) is 0 Å². The summed E-state index contributed by atoms with van der Waals surface area (Å²) in [5.41, 5.74) is 0.838. The van der Waals surface area contributed by atoms with Gasteiger partial charge in [0.2, 0.25) is 0 Å². The average Bonchev–Trinajstić information content (AvgIpc) is 2.42. The first-order chi connectivity index (χ1) is 9.28. The van der Waals surface area contributed by atoms with Gasteiger partial charge in [-0.25, -0.2) is 0 Å². The van der Waals surface area contributed by atoms with Crippen LogP contribution in [0.4, 0.5) is 5.69 Å². The van der Waals surface area contributed by atoms with E-state index in [9.17, 15) is 4.79 Å². The van der Waals surface area contributed by atoms with Crippen LogP contribution in [0.5, 0.6) is 5.75 Å². The molecule has 0 spiro atoms. The molecule has 0 bridgehead atoms. The maximum Gasteiger partial charge on any atom is 0.279 e. The number of likely N-dealkylation sites (tertiary alicyclic amines) is 1. The highest BCUT2D eigenvalue weighted by Crippen LogP contribution is 2.15. The molecule has 1 aliphatic rings. The lowest BCUT2D eigenvalue weighted by atomic mass is 10.1. The van der Waals surface area contributed by atoms with Gasteiger partial charge in [-0.3, -0.25) is 4.79 Å². The van der Waals surface area contributed by atoms with Crippen molar-refractivity contribution in [2.24, 2.45) is 0 Å². The molecular formula is C15H23N2O2+. The Hall–Kier alpha value is -1.55. The molecular weight excluding hydrogens is 240 g/mol. The van der Waals surface area contributed by atoms with Crippen molar-refractivity contribution >= 4 is 11.6 Å². The molecule has 104 valence electrons. The topological polar surface area (TPSA) is 42.8 Å². The second-order valence-electron chi connectivity index (χ2n) is 4.99. The molecule has 0 aliphatic carbocycles. The normalized spacial score (nSPS) is 16.1. The van der Waals surface area contributed by atoms with Crippen LogP contribution in [-0.4, -0.2) is 32.1 Å². The van der Waals surface area contributed by atoms with Gasteiger partial charge in [-0.2, -0.15) is 0 Å². The van der Waals surface area contributed by atoms with Crippen LogP contribution in [0.15, 0.2) is 24.3 Å². The zero-order valence-corrected chi connectivity index (χ0v) is 11.6. The Bertz CT molecular complexity index is 397. The van der Waals surface area contributed by atoms with Crippen LogP contribution < -0.4 is 15.0 Å². The number of carbonyl (C=O) groups excluding carboxylic acids is 1. The van der Waals surface area contributed by atoms with Crippen molar-refractivity contribution in [3.63, 3.8) is 0 Å². The van der Waals surface area contributed by atoms with Crippen LogP contribution in [0.1, 0.15) is 26.2 Å². The molecule has 0 radical (unpaired) electrons. The lowest BCUT2D eigenvalue weighted by Crippen LogP contribution is -3.13. The van der Waals surface area contributed by atoms with Crippen molar-refractivity contribution in [2.75, 3.05) is 31.6 Å². The maximum atomic E-state index is 11.9. The van der Waals surface area contributed by atoms with Gasteiger partial charge in [0.15, 0.2) is 6.54 Å². The lowest BCUT2D eigenvalue weighted by Gasteiger charge is -2.22. The number of ether oxygens (including phenoxy) is 1. The molecule has 1 heterocycles. The summed E-state index contributed by atoms with van der Waals surface area (Å²) < 4.78 is 5.37. The summed E-state index contributed by atoms with van der Waals surface area (Å²) in [6.45, 7) is 5.43. The Balaban J connectivity index is 1.80. The highest BCUT2D eigenvalue weighted by atomic mass is 16.5. The molecule has 4 heteroatoms. The van der Waals surface area contributed by atoms with Crippen molar-refractivity contribution in [1.82, 2.24) is 0 Å². The Morgan fingerprint density at radius 1 is 1.21 bits per heavy atom. The molecule has 1 aliphatic heterocycles. The Labute approximate surface area is 114 Å². The third-order valence-corrected chi connectivity index (χ3v) is 3.42. The fraction of sp³-hybridized carbons (Fsp3) is 0.533. The van der Waals surface area contributed by atoms with E-state index in [4.69, 9.17) is 4.74 Å². The fourth-order valence-corrected chi connectivity index (χ4v) is 2.46. The number of rotatable bonds is 5. The van der Waals surface area contributed by atoms with Gasteiger partial charge in [-0.15, -0.1) is 0 Å². The summed E-state index contributed by atoms with van der Waals surface area (Å²) in [4.78, 5) is 13.3. The summed E-state index contributed by atoms with van der Waals surface area (Å²) >= 11 is 0. The number of nitrogens with one attached hydrogen (secondary N) is 2. The number of piperidine rings is 1. The van der Waals surface area contributed by atoms with E-state index in [1.54, 1.807) is 0 Å². The number of hydrogen-bond acceptors (Lipinski definition) is 2. The van der Waals surface area contributed by atoms with Gasteiger partial charge >= 0.3 is 0 Å². The van der Waals surface area contributed by atoms with E-state index >= 15 is 0 Å². The van der Waals surface area contributed by atoms with Crippen LogP contribution in [0.25, 0.3) is 0 Å². The first-order valence-electron chi connectivity index (χ1n) is 7.14. The maximum absolute atomic E-state index is 11.9. The second-order valence-corrected chi connectivity index (χ2v) is 4.99. The van der Waals surface area contributed by atoms with E-state index in [1.165, 1.54) is 24.2 Å². The van der Waals surface area contributed by atoms with Gasteiger partial charge in [0.1, 0.15) is 5.75 Å². The average molecular weight is 263 g/mol. The zero-order valence-electron chi connectivity index (χ0n) is 11.6. The minimum absolute atomic E-state index is 0.0982. The number of amides is 1. The Kier molecular flexibility index (Phi) is 5.21. The van der Waals surface area contributed by atoms with Gasteiger partial charge in [-0.05, 0) is 50.5 Å². The van der Waals surface area contributed by atoms with E-state index in [1.807, 2.05) is 31.2 Å². The van der Waals surface area contributed by atoms with Gasteiger partial charge in [0.25, 0.3) is 5.91 Å². The van der Waals surface area contributed by atoms with Gasteiger partial charge < -0.3 is 15.0 Å². The summed E-state index contributed by atoms with van der Waals surface area (Å²) in [6, 6.07) is 7.53.